The van der Waals surface area contributed by atoms with Crippen LogP contribution in [0.1, 0.15) is 18.1 Å². The van der Waals surface area contributed by atoms with E-state index in [-0.39, 0.29) is 0 Å². The first-order chi connectivity index (χ1) is 8.74. The average Bonchev–Trinajstić information content (AvgIpc) is 2.85. The van der Waals surface area contributed by atoms with Crippen LogP contribution in [0.4, 0.5) is 0 Å². The van der Waals surface area contributed by atoms with Gasteiger partial charge in [0.05, 0.1) is 0 Å². The van der Waals surface area contributed by atoms with E-state index in [0.717, 1.165) is 24.4 Å². The summed E-state index contributed by atoms with van der Waals surface area (Å²) in [6, 6.07) is 10.8. The smallest absolute Gasteiger partial charge is 0.0406 e. The first-order valence-electron chi connectivity index (χ1n) is 6.23. The molecule has 1 N–H and O–H groups in total. The van der Waals surface area contributed by atoms with Crippen molar-refractivity contribution in [3.05, 3.63) is 57.2 Å². The van der Waals surface area contributed by atoms with E-state index in [1.807, 2.05) is 12.1 Å². The van der Waals surface area contributed by atoms with Gasteiger partial charge in [0, 0.05) is 11.1 Å². The van der Waals surface area contributed by atoms with Crippen LogP contribution in [0, 0.1) is 0 Å². The largest absolute Gasteiger partial charge is 0.314 e. The van der Waals surface area contributed by atoms with Gasteiger partial charge in [-0.25, -0.2) is 0 Å². The second kappa shape index (κ2) is 6.93. The molecule has 0 aliphatic carbocycles. The molecule has 0 saturated heterocycles. The van der Waals surface area contributed by atoms with Crippen LogP contribution in [0.15, 0.2) is 41.1 Å². The topological polar surface area (TPSA) is 12.0 Å². The fourth-order valence-electron chi connectivity index (χ4n) is 1.94. The van der Waals surface area contributed by atoms with Crippen molar-refractivity contribution in [3.8, 4) is 0 Å². The van der Waals surface area contributed by atoms with Crippen molar-refractivity contribution < 1.29 is 0 Å². The van der Waals surface area contributed by atoms with Crippen LogP contribution in [0.3, 0.4) is 0 Å². The zero-order valence-corrected chi connectivity index (χ0v) is 12.1. The van der Waals surface area contributed by atoms with Gasteiger partial charge in [-0.2, -0.15) is 11.3 Å². The van der Waals surface area contributed by atoms with Gasteiger partial charge in [0.15, 0.2) is 0 Å². The minimum atomic E-state index is 0.491. The van der Waals surface area contributed by atoms with Crippen LogP contribution in [0.2, 0.25) is 5.02 Å². The molecule has 3 heteroatoms. The van der Waals surface area contributed by atoms with E-state index >= 15 is 0 Å². The second-order valence-electron chi connectivity index (χ2n) is 4.57. The lowest BCUT2D eigenvalue weighted by Gasteiger charge is -2.13. The molecular formula is C15H18ClNS. The van der Waals surface area contributed by atoms with Gasteiger partial charge in [-0.05, 0) is 66.4 Å². The van der Waals surface area contributed by atoms with Gasteiger partial charge < -0.3 is 5.32 Å². The van der Waals surface area contributed by atoms with Crippen molar-refractivity contribution in [2.75, 3.05) is 6.54 Å². The molecule has 1 aromatic heterocycles. The van der Waals surface area contributed by atoms with Crippen LogP contribution in [-0.4, -0.2) is 12.6 Å². The molecule has 0 saturated carbocycles. The highest BCUT2D eigenvalue weighted by Crippen LogP contribution is 2.11. The van der Waals surface area contributed by atoms with Gasteiger partial charge in [-0.3, -0.25) is 0 Å². The Kier molecular flexibility index (Phi) is 5.24. The molecule has 2 aromatic rings. The Morgan fingerprint density at radius 3 is 2.61 bits per heavy atom. The molecule has 96 valence electrons. The molecule has 1 aromatic carbocycles. The van der Waals surface area contributed by atoms with Crippen LogP contribution < -0.4 is 5.32 Å². The van der Waals surface area contributed by atoms with Crippen LogP contribution in [0.25, 0.3) is 0 Å². The SMILES string of the molecule is CC(Cc1ccc(Cl)cc1)NCCc1ccsc1. The minimum Gasteiger partial charge on any atom is -0.314 e. The van der Waals surface area contributed by atoms with Crippen molar-refractivity contribution in [2.24, 2.45) is 0 Å². The summed E-state index contributed by atoms with van der Waals surface area (Å²) < 4.78 is 0. The predicted octanol–water partition coefficient (Wildman–Crippen LogP) is 4.16. The van der Waals surface area contributed by atoms with E-state index in [0.29, 0.717) is 6.04 Å². The lowest BCUT2D eigenvalue weighted by atomic mass is 10.1. The average molecular weight is 280 g/mol. The molecule has 1 unspecified atom stereocenters. The van der Waals surface area contributed by atoms with Crippen molar-refractivity contribution in [2.45, 2.75) is 25.8 Å². The number of rotatable bonds is 6. The highest BCUT2D eigenvalue weighted by molar-refractivity contribution is 7.07. The molecule has 0 spiro atoms. The fourth-order valence-corrected chi connectivity index (χ4v) is 2.77. The zero-order chi connectivity index (χ0) is 12.8. The molecule has 1 nitrogen and oxygen atoms in total. The molecule has 1 heterocycles. The maximum absolute atomic E-state index is 5.87. The Balaban J connectivity index is 1.71. The van der Waals surface area contributed by atoms with Gasteiger partial charge in [-0.1, -0.05) is 23.7 Å². The molecule has 2 rings (SSSR count). The van der Waals surface area contributed by atoms with Gasteiger partial charge in [0.2, 0.25) is 0 Å². The summed E-state index contributed by atoms with van der Waals surface area (Å²) in [5.74, 6) is 0. The minimum absolute atomic E-state index is 0.491. The summed E-state index contributed by atoms with van der Waals surface area (Å²) in [5, 5.41) is 8.70. The zero-order valence-electron chi connectivity index (χ0n) is 10.5. The van der Waals surface area contributed by atoms with E-state index in [1.165, 1.54) is 11.1 Å². The van der Waals surface area contributed by atoms with Crippen LogP contribution >= 0.6 is 22.9 Å². The number of benzene rings is 1. The summed E-state index contributed by atoms with van der Waals surface area (Å²) in [4.78, 5) is 0. The summed E-state index contributed by atoms with van der Waals surface area (Å²) in [5.41, 5.74) is 2.75. The number of thiophene rings is 1. The number of halogens is 1. The van der Waals surface area contributed by atoms with Crippen molar-refractivity contribution in [1.29, 1.82) is 0 Å². The first kappa shape index (κ1) is 13.6. The standard InChI is InChI=1S/C15H18ClNS/c1-12(10-13-2-4-15(16)5-3-13)17-8-6-14-7-9-18-11-14/h2-5,7,9,11-12,17H,6,8,10H2,1H3. The third kappa shape index (κ3) is 4.45. The highest BCUT2D eigenvalue weighted by atomic mass is 35.5. The first-order valence-corrected chi connectivity index (χ1v) is 7.55. The number of hydrogen-bond acceptors (Lipinski definition) is 2. The van der Waals surface area contributed by atoms with Crippen molar-refractivity contribution in [1.82, 2.24) is 5.32 Å². The molecule has 0 aliphatic rings. The lowest BCUT2D eigenvalue weighted by molar-refractivity contribution is 0.549. The molecule has 0 fully saturated rings. The Labute approximate surface area is 118 Å². The normalized spacial score (nSPS) is 12.6. The second-order valence-corrected chi connectivity index (χ2v) is 5.78. The Bertz CT molecular complexity index is 450. The molecular weight excluding hydrogens is 262 g/mol. The molecule has 0 aliphatic heterocycles. The van der Waals surface area contributed by atoms with Gasteiger partial charge in [0.1, 0.15) is 0 Å². The van der Waals surface area contributed by atoms with Gasteiger partial charge in [-0.15, -0.1) is 0 Å². The third-order valence-electron chi connectivity index (χ3n) is 2.94. The third-order valence-corrected chi connectivity index (χ3v) is 3.93. The van der Waals surface area contributed by atoms with Gasteiger partial charge >= 0.3 is 0 Å². The Morgan fingerprint density at radius 2 is 1.94 bits per heavy atom. The van der Waals surface area contributed by atoms with E-state index in [4.69, 9.17) is 11.6 Å². The van der Waals surface area contributed by atoms with Gasteiger partial charge in [0.25, 0.3) is 0 Å². The van der Waals surface area contributed by atoms with Crippen molar-refractivity contribution >= 4 is 22.9 Å². The van der Waals surface area contributed by atoms with E-state index in [2.05, 4.69) is 41.2 Å². The molecule has 0 radical (unpaired) electrons. The Morgan fingerprint density at radius 1 is 1.17 bits per heavy atom. The Hall–Kier alpha value is -0.830. The van der Waals surface area contributed by atoms with E-state index in [1.54, 1.807) is 11.3 Å². The maximum atomic E-state index is 5.87. The highest BCUT2D eigenvalue weighted by Gasteiger charge is 2.03. The maximum Gasteiger partial charge on any atom is 0.0406 e. The molecule has 18 heavy (non-hydrogen) atoms. The summed E-state index contributed by atoms with van der Waals surface area (Å²) in [7, 11) is 0. The molecule has 0 amide bonds. The van der Waals surface area contributed by atoms with Crippen LogP contribution in [0.5, 0.6) is 0 Å². The lowest BCUT2D eigenvalue weighted by Crippen LogP contribution is -2.29. The predicted molar refractivity (Wildman–Crippen MR) is 80.6 cm³/mol. The van der Waals surface area contributed by atoms with Crippen LogP contribution in [-0.2, 0) is 12.8 Å². The number of nitrogens with one attached hydrogen (secondary N) is 1. The monoisotopic (exact) mass is 279 g/mol. The van der Waals surface area contributed by atoms with E-state index < -0.39 is 0 Å². The fraction of sp³-hybridized carbons (Fsp3) is 0.333. The molecule has 0 bridgehead atoms. The molecule has 1 atom stereocenters. The summed E-state index contributed by atoms with van der Waals surface area (Å²) in [6.07, 6.45) is 2.15. The van der Waals surface area contributed by atoms with Crippen molar-refractivity contribution in [3.63, 3.8) is 0 Å². The number of hydrogen-bond donors (Lipinski definition) is 1. The summed E-state index contributed by atoms with van der Waals surface area (Å²) in [6.45, 7) is 3.26. The quantitative estimate of drug-likeness (QED) is 0.837. The summed E-state index contributed by atoms with van der Waals surface area (Å²) >= 11 is 7.64. The van der Waals surface area contributed by atoms with E-state index in [9.17, 15) is 0 Å².